The molecule has 0 radical (unpaired) electrons. The van der Waals surface area contributed by atoms with Crippen molar-refractivity contribution in [3.63, 3.8) is 0 Å². The van der Waals surface area contributed by atoms with Crippen LogP contribution in [0.3, 0.4) is 0 Å². The Balaban J connectivity index is 1.73. The van der Waals surface area contributed by atoms with E-state index in [9.17, 15) is 0 Å². The number of nitrogens with two attached hydrogens (primary N) is 1. The molecule has 0 bridgehead atoms. The highest BCUT2D eigenvalue weighted by Crippen LogP contribution is 2.48. The molecule has 34 heavy (non-hydrogen) atoms. The summed E-state index contributed by atoms with van der Waals surface area (Å²) in [4.78, 5) is 12.8. The van der Waals surface area contributed by atoms with Gasteiger partial charge in [-0.2, -0.15) is 9.97 Å². The average molecular weight is 528 g/mol. The minimum Gasteiger partial charge on any atom is -0.414 e. The topological polar surface area (TPSA) is 107 Å². The van der Waals surface area contributed by atoms with Crippen LogP contribution in [0.1, 0.15) is 68.0 Å². The predicted octanol–water partition coefficient (Wildman–Crippen LogP) is 5.31. The fraction of sp³-hybridized carbons (Fsp3) is 0.773. The van der Waals surface area contributed by atoms with Crippen LogP contribution in [0.4, 0.5) is 5.95 Å². The van der Waals surface area contributed by atoms with Gasteiger partial charge in [-0.1, -0.05) is 67.0 Å². The molecule has 2 saturated heterocycles. The molecule has 190 valence electrons. The van der Waals surface area contributed by atoms with Crippen molar-refractivity contribution in [3.05, 3.63) is 11.5 Å². The third-order valence-electron chi connectivity index (χ3n) is 7.23. The van der Waals surface area contributed by atoms with E-state index >= 15 is 0 Å². The number of nitrogens with zero attached hydrogens (tertiary/aromatic N) is 4. The van der Waals surface area contributed by atoms with E-state index in [0.717, 1.165) is 0 Å². The Labute approximate surface area is 209 Å². The van der Waals surface area contributed by atoms with Gasteiger partial charge in [-0.05, 0) is 22.2 Å². The Morgan fingerprint density at radius 3 is 2.18 bits per heavy atom. The summed E-state index contributed by atoms with van der Waals surface area (Å²) in [5.41, 5.74) is 8.01. The van der Waals surface area contributed by atoms with Crippen LogP contribution >= 0.6 is 11.6 Å². The maximum Gasteiger partial charge on any atom is 0.335 e. The molecule has 3 atom stereocenters. The smallest absolute Gasteiger partial charge is 0.335 e. The van der Waals surface area contributed by atoms with Gasteiger partial charge in [0.15, 0.2) is 10.8 Å². The SMILES string of the molecule is CC(C)[Si]1(C(C)C)OC[C@H]2O[C@H](n3cnc4c(Cl)nc(N)nc43)C[C@@H]2O[Si](C(C)C)(C(C)C)O1. The Bertz CT molecular complexity index is 1020. The van der Waals surface area contributed by atoms with E-state index in [1.807, 2.05) is 4.57 Å². The van der Waals surface area contributed by atoms with Gasteiger partial charge in [0.25, 0.3) is 0 Å². The van der Waals surface area contributed by atoms with E-state index in [1.54, 1.807) is 6.33 Å². The van der Waals surface area contributed by atoms with Crippen LogP contribution < -0.4 is 5.73 Å². The number of hydrogen-bond donors (Lipinski definition) is 1. The summed E-state index contributed by atoms with van der Waals surface area (Å²) in [5, 5.41) is 0.230. The molecular weight excluding hydrogens is 490 g/mol. The molecule has 0 unspecified atom stereocenters. The highest BCUT2D eigenvalue weighted by atomic mass is 35.5. The largest absolute Gasteiger partial charge is 0.414 e. The fourth-order valence-electron chi connectivity index (χ4n) is 5.42. The third-order valence-corrected chi connectivity index (χ3v) is 17.8. The van der Waals surface area contributed by atoms with Crippen LogP contribution in [0.25, 0.3) is 11.2 Å². The van der Waals surface area contributed by atoms with Crippen LogP contribution in [0.5, 0.6) is 0 Å². The Hall–Kier alpha value is -1.09. The maximum absolute atomic E-state index is 7.25. The Morgan fingerprint density at radius 2 is 1.59 bits per heavy atom. The minimum atomic E-state index is -2.69. The van der Waals surface area contributed by atoms with Gasteiger partial charge in [0.1, 0.15) is 17.8 Å². The number of fused-ring (bicyclic) bond motifs is 2. The van der Waals surface area contributed by atoms with Crippen LogP contribution in [0.15, 0.2) is 6.33 Å². The standard InChI is InChI=1S/C22H38ClN5O4Si2/c1-12(2)33(13(3)4)29-10-17-16(31-34(32-33,14(5)6)15(7)8)9-18(30-17)28-11-25-19-20(23)26-22(24)27-21(19)28/h11-18H,9-10H2,1-8H3,(H2,24,26,27)/t16-,17+,18-/m0/s1. The lowest BCUT2D eigenvalue weighted by Crippen LogP contribution is -2.65. The molecule has 2 aromatic heterocycles. The minimum absolute atomic E-state index is 0.104. The highest BCUT2D eigenvalue weighted by molar-refractivity contribution is 6.83. The molecule has 0 spiro atoms. The molecule has 2 N–H and O–H groups in total. The molecule has 2 aliphatic rings. The molecular formula is C22H38ClN5O4Si2. The van der Waals surface area contributed by atoms with E-state index in [2.05, 4.69) is 70.3 Å². The van der Waals surface area contributed by atoms with Crippen LogP contribution in [0.2, 0.25) is 27.3 Å². The molecule has 4 heterocycles. The van der Waals surface area contributed by atoms with Gasteiger partial charge in [-0.25, -0.2) is 4.98 Å². The molecule has 0 saturated carbocycles. The van der Waals surface area contributed by atoms with Crippen molar-refractivity contribution in [2.75, 3.05) is 12.3 Å². The van der Waals surface area contributed by atoms with Gasteiger partial charge in [0.2, 0.25) is 5.95 Å². The number of nitrogen functional groups attached to an aromatic ring is 1. The maximum atomic E-state index is 7.25. The molecule has 2 aromatic rings. The van der Waals surface area contributed by atoms with Gasteiger partial charge in [-0.3, -0.25) is 4.57 Å². The van der Waals surface area contributed by atoms with E-state index in [1.165, 1.54) is 0 Å². The summed E-state index contributed by atoms with van der Waals surface area (Å²) >= 11 is 6.25. The molecule has 2 aliphatic heterocycles. The second-order valence-corrected chi connectivity index (χ2v) is 19.9. The van der Waals surface area contributed by atoms with Crippen molar-refractivity contribution in [1.82, 2.24) is 19.5 Å². The second-order valence-electron chi connectivity index (χ2n) is 10.7. The number of anilines is 1. The van der Waals surface area contributed by atoms with Gasteiger partial charge in [0.05, 0.1) is 19.0 Å². The number of rotatable bonds is 5. The molecule has 9 nitrogen and oxygen atoms in total. The molecule has 0 amide bonds. The van der Waals surface area contributed by atoms with Gasteiger partial charge < -0.3 is 23.4 Å². The van der Waals surface area contributed by atoms with Crippen molar-refractivity contribution in [1.29, 1.82) is 0 Å². The van der Waals surface area contributed by atoms with Gasteiger partial charge in [0, 0.05) is 6.42 Å². The highest BCUT2D eigenvalue weighted by Gasteiger charge is 2.60. The molecule has 2 fully saturated rings. The van der Waals surface area contributed by atoms with Crippen molar-refractivity contribution in [3.8, 4) is 0 Å². The number of ether oxygens (including phenoxy) is 1. The predicted molar refractivity (Wildman–Crippen MR) is 137 cm³/mol. The molecule has 0 aromatic carbocycles. The summed E-state index contributed by atoms with van der Waals surface area (Å²) in [6, 6.07) is 0. The second kappa shape index (κ2) is 9.42. The van der Waals surface area contributed by atoms with Crippen molar-refractivity contribution in [2.24, 2.45) is 0 Å². The first-order chi connectivity index (χ1) is 15.9. The Morgan fingerprint density at radius 1 is 0.971 bits per heavy atom. The lowest BCUT2D eigenvalue weighted by Gasteiger charge is -2.51. The fourth-order valence-corrected chi connectivity index (χ4v) is 16.9. The average Bonchev–Trinajstić information content (AvgIpc) is 3.31. The normalized spacial score (nSPS) is 27.0. The first kappa shape index (κ1) is 26.0. The molecule has 4 rings (SSSR count). The monoisotopic (exact) mass is 527 g/mol. The number of aromatic nitrogens is 4. The van der Waals surface area contributed by atoms with Crippen LogP contribution in [-0.4, -0.2) is 55.5 Å². The summed E-state index contributed by atoms with van der Waals surface area (Å²) in [7, 11) is -5.29. The lowest BCUT2D eigenvalue weighted by molar-refractivity contribution is -0.0544. The summed E-state index contributed by atoms with van der Waals surface area (Å²) in [5.74, 6) is 0.104. The van der Waals surface area contributed by atoms with E-state index in [4.69, 9.17) is 35.0 Å². The first-order valence-electron chi connectivity index (χ1n) is 12.2. The Kier molecular flexibility index (Phi) is 7.20. The molecule has 0 aliphatic carbocycles. The quantitative estimate of drug-likeness (QED) is 0.412. The summed E-state index contributed by atoms with van der Waals surface area (Å²) in [6.07, 6.45) is 1.63. The van der Waals surface area contributed by atoms with Gasteiger partial charge >= 0.3 is 17.1 Å². The zero-order chi connectivity index (χ0) is 25.0. The van der Waals surface area contributed by atoms with Crippen molar-refractivity contribution >= 4 is 45.8 Å². The first-order valence-corrected chi connectivity index (χ1v) is 16.6. The number of halogens is 1. The molecule has 12 heteroatoms. The lowest BCUT2D eigenvalue weighted by atomic mass is 10.2. The summed E-state index contributed by atoms with van der Waals surface area (Å²) in [6.45, 7) is 18.2. The van der Waals surface area contributed by atoms with E-state index < -0.39 is 17.1 Å². The van der Waals surface area contributed by atoms with E-state index in [0.29, 0.717) is 24.2 Å². The number of hydrogen-bond acceptors (Lipinski definition) is 8. The van der Waals surface area contributed by atoms with Gasteiger partial charge in [-0.15, -0.1) is 0 Å². The zero-order valence-electron chi connectivity index (χ0n) is 21.4. The van der Waals surface area contributed by atoms with Crippen molar-refractivity contribution in [2.45, 2.75) is 102 Å². The van der Waals surface area contributed by atoms with Crippen LogP contribution in [0, 0.1) is 0 Å². The van der Waals surface area contributed by atoms with E-state index in [-0.39, 0.29) is 51.7 Å². The third kappa shape index (κ3) is 4.23. The number of imidazole rings is 1. The van der Waals surface area contributed by atoms with Crippen LogP contribution in [-0.2, 0) is 17.7 Å². The summed E-state index contributed by atoms with van der Waals surface area (Å²) < 4.78 is 29.6. The van der Waals surface area contributed by atoms with Crippen molar-refractivity contribution < 1.29 is 17.7 Å². The zero-order valence-corrected chi connectivity index (χ0v) is 24.2.